The van der Waals surface area contributed by atoms with E-state index >= 15 is 0 Å². The predicted octanol–water partition coefficient (Wildman–Crippen LogP) is 3.18. The summed E-state index contributed by atoms with van der Waals surface area (Å²) in [7, 11) is 0. The van der Waals surface area contributed by atoms with Crippen molar-refractivity contribution in [2.75, 3.05) is 13.1 Å². The topological polar surface area (TPSA) is 27.0 Å². The van der Waals surface area contributed by atoms with Crippen LogP contribution in [0.1, 0.15) is 31.4 Å². The van der Waals surface area contributed by atoms with E-state index in [1.807, 2.05) is 0 Å². The molecule has 3 heteroatoms. The second-order valence-corrected chi connectivity index (χ2v) is 5.45. The molecule has 0 radical (unpaired) electrons. The molecule has 1 heterocycles. The molecule has 1 saturated heterocycles. The van der Waals surface area contributed by atoms with Crippen LogP contribution in [-0.2, 0) is 6.54 Å². The quantitative estimate of drug-likeness (QED) is 0.819. The molecule has 0 aliphatic carbocycles. The number of halogens is 1. The molecule has 96 valence electrons. The van der Waals surface area contributed by atoms with E-state index in [9.17, 15) is 4.39 Å². The van der Waals surface area contributed by atoms with Gasteiger partial charge in [-0.2, -0.15) is 5.26 Å². The van der Waals surface area contributed by atoms with Gasteiger partial charge in [-0.25, -0.2) is 4.39 Å². The minimum atomic E-state index is -0.206. The van der Waals surface area contributed by atoms with E-state index in [2.05, 4.69) is 24.8 Å². The Labute approximate surface area is 108 Å². The van der Waals surface area contributed by atoms with Gasteiger partial charge in [0.1, 0.15) is 5.82 Å². The number of hydrogen-bond acceptors (Lipinski definition) is 2. The first-order valence-corrected chi connectivity index (χ1v) is 6.51. The molecule has 0 spiro atoms. The van der Waals surface area contributed by atoms with Crippen molar-refractivity contribution in [3.05, 3.63) is 35.1 Å². The average molecular weight is 246 g/mol. The van der Waals surface area contributed by atoms with Crippen LogP contribution in [0.3, 0.4) is 0 Å². The highest BCUT2D eigenvalue weighted by Crippen LogP contribution is 2.25. The maximum Gasteiger partial charge on any atom is 0.127 e. The Morgan fingerprint density at radius 1 is 1.50 bits per heavy atom. The molecule has 0 N–H and O–H groups in total. The van der Waals surface area contributed by atoms with Crippen LogP contribution < -0.4 is 0 Å². The molecule has 0 amide bonds. The summed E-state index contributed by atoms with van der Waals surface area (Å²) >= 11 is 0. The second kappa shape index (κ2) is 5.49. The maximum absolute atomic E-state index is 13.7. The van der Waals surface area contributed by atoms with Crippen molar-refractivity contribution >= 4 is 0 Å². The summed E-state index contributed by atoms with van der Waals surface area (Å²) < 4.78 is 13.7. The minimum Gasteiger partial charge on any atom is -0.299 e. The van der Waals surface area contributed by atoms with Gasteiger partial charge in [0.25, 0.3) is 0 Å². The normalized spacial score (nSPS) is 20.3. The molecular formula is C15H19FN2. The van der Waals surface area contributed by atoms with Gasteiger partial charge in [-0.3, -0.25) is 4.90 Å². The lowest BCUT2D eigenvalue weighted by molar-refractivity contribution is 0.293. The van der Waals surface area contributed by atoms with Crippen molar-refractivity contribution in [2.24, 2.45) is 11.8 Å². The standard InChI is InChI=1S/C15H19FN2/c1-11(2)13-5-6-18(9-13)10-14-7-12(8-17)3-4-15(14)16/h3-4,7,11,13H,5-6,9-10H2,1-2H3. The lowest BCUT2D eigenvalue weighted by Crippen LogP contribution is -2.22. The highest BCUT2D eigenvalue weighted by molar-refractivity contribution is 5.33. The van der Waals surface area contributed by atoms with E-state index in [0.29, 0.717) is 29.5 Å². The Balaban J connectivity index is 2.04. The predicted molar refractivity (Wildman–Crippen MR) is 69.3 cm³/mol. The van der Waals surface area contributed by atoms with Crippen LogP contribution in [0.25, 0.3) is 0 Å². The second-order valence-electron chi connectivity index (χ2n) is 5.45. The molecule has 1 aromatic rings. The van der Waals surface area contributed by atoms with Crippen molar-refractivity contribution in [1.29, 1.82) is 5.26 Å². The molecule has 0 bridgehead atoms. The van der Waals surface area contributed by atoms with Crippen LogP contribution >= 0.6 is 0 Å². The van der Waals surface area contributed by atoms with Gasteiger partial charge in [0.15, 0.2) is 0 Å². The van der Waals surface area contributed by atoms with Gasteiger partial charge in [0, 0.05) is 18.7 Å². The Morgan fingerprint density at radius 3 is 2.89 bits per heavy atom. The highest BCUT2D eigenvalue weighted by Gasteiger charge is 2.25. The number of hydrogen-bond donors (Lipinski definition) is 0. The van der Waals surface area contributed by atoms with Gasteiger partial charge < -0.3 is 0 Å². The number of rotatable bonds is 3. The molecule has 2 nitrogen and oxygen atoms in total. The summed E-state index contributed by atoms with van der Waals surface area (Å²) in [5, 5.41) is 8.84. The molecule has 18 heavy (non-hydrogen) atoms. The van der Waals surface area contributed by atoms with Crippen LogP contribution in [0.5, 0.6) is 0 Å². The number of benzene rings is 1. The van der Waals surface area contributed by atoms with Crippen molar-refractivity contribution in [2.45, 2.75) is 26.8 Å². The zero-order valence-corrected chi connectivity index (χ0v) is 11.0. The zero-order chi connectivity index (χ0) is 13.1. The third-order valence-electron chi connectivity index (χ3n) is 3.82. The van der Waals surface area contributed by atoms with Crippen molar-refractivity contribution in [1.82, 2.24) is 4.90 Å². The maximum atomic E-state index is 13.7. The fourth-order valence-corrected chi connectivity index (χ4v) is 2.56. The first-order valence-electron chi connectivity index (χ1n) is 6.51. The Kier molecular flexibility index (Phi) is 3.98. The minimum absolute atomic E-state index is 0.206. The smallest absolute Gasteiger partial charge is 0.127 e. The average Bonchev–Trinajstić information content (AvgIpc) is 2.81. The Hall–Kier alpha value is -1.40. The summed E-state index contributed by atoms with van der Waals surface area (Å²) in [5.41, 5.74) is 1.17. The van der Waals surface area contributed by atoms with Gasteiger partial charge in [-0.05, 0) is 43.0 Å². The lowest BCUT2D eigenvalue weighted by Gasteiger charge is -2.18. The Bertz CT molecular complexity index is 462. The van der Waals surface area contributed by atoms with Gasteiger partial charge in [0.05, 0.1) is 11.6 Å². The van der Waals surface area contributed by atoms with Gasteiger partial charge in [0.2, 0.25) is 0 Å². The summed E-state index contributed by atoms with van der Waals surface area (Å²) in [6, 6.07) is 6.65. The van der Waals surface area contributed by atoms with E-state index in [0.717, 1.165) is 13.1 Å². The van der Waals surface area contributed by atoms with Crippen molar-refractivity contribution in [3.63, 3.8) is 0 Å². The first kappa shape index (κ1) is 13.0. The molecule has 1 fully saturated rings. The van der Waals surface area contributed by atoms with Gasteiger partial charge in [-0.15, -0.1) is 0 Å². The molecular weight excluding hydrogens is 227 g/mol. The van der Waals surface area contributed by atoms with E-state index in [1.165, 1.54) is 18.6 Å². The number of likely N-dealkylation sites (tertiary alicyclic amines) is 1. The third kappa shape index (κ3) is 2.88. The summed E-state index contributed by atoms with van der Waals surface area (Å²) in [4.78, 5) is 2.28. The van der Waals surface area contributed by atoms with Crippen LogP contribution in [0, 0.1) is 29.0 Å². The van der Waals surface area contributed by atoms with E-state index < -0.39 is 0 Å². The van der Waals surface area contributed by atoms with E-state index in [1.54, 1.807) is 6.07 Å². The Morgan fingerprint density at radius 2 is 2.28 bits per heavy atom. The van der Waals surface area contributed by atoms with E-state index in [-0.39, 0.29) is 5.82 Å². The van der Waals surface area contributed by atoms with Gasteiger partial charge in [-0.1, -0.05) is 13.8 Å². The van der Waals surface area contributed by atoms with E-state index in [4.69, 9.17) is 5.26 Å². The molecule has 1 atom stereocenters. The molecule has 0 aromatic heterocycles. The van der Waals surface area contributed by atoms with Gasteiger partial charge >= 0.3 is 0 Å². The SMILES string of the molecule is CC(C)C1CCN(Cc2cc(C#N)ccc2F)C1. The fourth-order valence-electron chi connectivity index (χ4n) is 2.56. The molecule has 1 unspecified atom stereocenters. The molecule has 1 aliphatic rings. The lowest BCUT2D eigenvalue weighted by atomic mass is 9.95. The van der Waals surface area contributed by atoms with Crippen LogP contribution in [0.15, 0.2) is 18.2 Å². The largest absolute Gasteiger partial charge is 0.299 e. The summed E-state index contributed by atoms with van der Waals surface area (Å²) in [5.74, 6) is 1.19. The molecule has 1 aliphatic heterocycles. The van der Waals surface area contributed by atoms with Crippen LogP contribution in [0.2, 0.25) is 0 Å². The summed E-state index contributed by atoms with van der Waals surface area (Å²) in [6.45, 7) is 7.16. The zero-order valence-electron chi connectivity index (χ0n) is 11.0. The van der Waals surface area contributed by atoms with Crippen molar-refractivity contribution < 1.29 is 4.39 Å². The van der Waals surface area contributed by atoms with Crippen molar-refractivity contribution in [3.8, 4) is 6.07 Å². The fraction of sp³-hybridized carbons (Fsp3) is 0.533. The third-order valence-corrected chi connectivity index (χ3v) is 3.82. The number of nitrogens with zero attached hydrogens (tertiary/aromatic N) is 2. The molecule has 1 aromatic carbocycles. The number of nitriles is 1. The van der Waals surface area contributed by atoms with Crippen LogP contribution in [0.4, 0.5) is 4.39 Å². The highest BCUT2D eigenvalue weighted by atomic mass is 19.1. The van der Waals surface area contributed by atoms with Crippen LogP contribution in [-0.4, -0.2) is 18.0 Å². The monoisotopic (exact) mass is 246 g/mol. The first-order chi connectivity index (χ1) is 8.60. The summed E-state index contributed by atoms with van der Waals surface area (Å²) in [6.07, 6.45) is 1.19. The molecule has 2 rings (SSSR count). The molecule has 0 saturated carbocycles.